The van der Waals surface area contributed by atoms with Gasteiger partial charge in [0.05, 0.1) is 18.3 Å². The zero-order valence-corrected chi connectivity index (χ0v) is 23.6. The van der Waals surface area contributed by atoms with Gasteiger partial charge in [0.2, 0.25) is 5.91 Å². The number of amides is 2. The SMILES string of the molecule is Cc1nc(CN=C(N)c2cc(C(C)(C)C)c(Cl)cc2N)n(C(C)C)c1C(=O)NC1CN(C(=O)/C=C\Cl)C1. The lowest BCUT2D eigenvalue weighted by Gasteiger charge is -2.39. The normalized spacial score (nSPS) is 14.9. The molecule has 0 unspecified atom stereocenters. The van der Waals surface area contributed by atoms with Gasteiger partial charge in [-0.2, -0.15) is 0 Å². The van der Waals surface area contributed by atoms with Crippen molar-refractivity contribution in [3.05, 3.63) is 57.1 Å². The second-order valence-corrected chi connectivity index (χ2v) is 11.2. The number of nitrogens with zero attached hydrogens (tertiary/aromatic N) is 4. The Labute approximate surface area is 227 Å². The first-order valence-corrected chi connectivity index (χ1v) is 12.9. The molecule has 1 fully saturated rings. The molecule has 0 saturated carbocycles. The summed E-state index contributed by atoms with van der Waals surface area (Å²) in [6.07, 6.45) is 1.29. The minimum Gasteiger partial charge on any atom is -0.398 e. The number of hydrogen-bond donors (Lipinski definition) is 3. The van der Waals surface area contributed by atoms with Crippen LogP contribution in [0.15, 0.2) is 28.7 Å². The van der Waals surface area contributed by atoms with Gasteiger partial charge in [0.15, 0.2) is 0 Å². The number of carbonyl (C=O) groups is 2. The van der Waals surface area contributed by atoms with E-state index >= 15 is 0 Å². The highest BCUT2D eigenvalue weighted by atomic mass is 35.5. The van der Waals surface area contributed by atoms with Gasteiger partial charge in [-0.25, -0.2) is 4.98 Å². The molecule has 9 nitrogen and oxygen atoms in total. The highest BCUT2D eigenvalue weighted by Gasteiger charge is 2.32. The standard InChI is InChI=1S/C26H35Cl2N7O2/c1-14(2)35-21(11-31-24(30)17-9-18(26(4,5)6)19(28)10-20(17)29)32-15(3)23(35)25(37)33-16-12-34(13-16)22(36)7-8-27/h7-10,14,16H,11-13,29H2,1-6H3,(H2,30,31)(H,33,37)/b8-7-. The average molecular weight is 549 g/mol. The first kappa shape index (κ1) is 28.5. The number of carbonyl (C=O) groups excluding carboxylic acids is 2. The summed E-state index contributed by atoms with van der Waals surface area (Å²) in [6.45, 7) is 12.9. The number of hydrogen-bond acceptors (Lipinski definition) is 5. The van der Waals surface area contributed by atoms with Gasteiger partial charge < -0.3 is 26.3 Å². The molecule has 2 heterocycles. The van der Waals surface area contributed by atoms with Gasteiger partial charge >= 0.3 is 0 Å². The number of nitrogens with two attached hydrogens (primary N) is 2. The molecule has 1 aliphatic heterocycles. The van der Waals surface area contributed by atoms with E-state index in [2.05, 4.69) is 36.1 Å². The molecule has 0 aliphatic carbocycles. The van der Waals surface area contributed by atoms with Gasteiger partial charge in [-0.3, -0.25) is 14.6 Å². The fraction of sp³-hybridized carbons (Fsp3) is 0.462. The Morgan fingerprint density at radius 2 is 1.95 bits per heavy atom. The Morgan fingerprint density at radius 3 is 2.51 bits per heavy atom. The van der Waals surface area contributed by atoms with E-state index in [9.17, 15) is 9.59 Å². The van der Waals surface area contributed by atoms with Gasteiger partial charge in [0.25, 0.3) is 5.91 Å². The van der Waals surface area contributed by atoms with Crippen LogP contribution < -0.4 is 16.8 Å². The number of aryl methyl sites for hydroxylation is 1. The zero-order chi connectivity index (χ0) is 27.7. The van der Waals surface area contributed by atoms with Crippen molar-refractivity contribution >= 4 is 46.5 Å². The first-order valence-electron chi connectivity index (χ1n) is 12.1. The Morgan fingerprint density at radius 1 is 1.30 bits per heavy atom. The molecule has 1 aromatic carbocycles. The van der Waals surface area contributed by atoms with Gasteiger partial charge in [-0.1, -0.05) is 44.0 Å². The van der Waals surface area contributed by atoms with Crippen LogP contribution in [0.3, 0.4) is 0 Å². The third-order valence-corrected chi connectivity index (χ3v) is 6.68. The molecule has 37 heavy (non-hydrogen) atoms. The van der Waals surface area contributed by atoms with E-state index in [0.717, 1.165) is 5.56 Å². The van der Waals surface area contributed by atoms with E-state index in [1.807, 2.05) is 24.5 Å². The van der Waals surface area contributed by atoms with E-state index in [4.69, 9.17) is 34.7 Å². The van der Waals surface area contributed by atoms with E-state index in [-0.39, 0.29) is 41.7 Å². The van der Waals surface area contributed by atoms with Gasteiger partial charge in [-0.15, -0.1) is 0 Å². The molecule has 0 radical (unpaired) electrons. The third kappa shape index (κ3) is 6.27. The average Bonchev–Trinajstić information content (AvgIpc) is 3.09. The van der Waals surface area contributed by atoms with E-state index in [1.165, 1.54) is 11.6 Å². The summed E-state index contributed by atoms with van der Waals surface area (Å²) >= 11 is 11.9. The highest BCUT2D eigenvalue weighted by Crippen LogP contribution is 2.33. The number of rotatable bonds is 7. The molecule has 11 heteroatoms. The minimum absolute atomic E-state index is 0.0465. The molecule has 0 bridgehead atoms. The smallest absolute Gasteiger partial charge is 0.270 e. The summed E-state index contributed by atoms with van der Waals surface area (Å²) < 4.78 is 1.87. The van der Waals surface area contributed by atoms with E-state index < -0.39 is 0 Å². The second kappa shape index (κ2) is 11.1. The summed E-state index contributed by atoms with van der Waals surface area (Å²) in [7, 11) is 0. The van der Waals surface area contributed by atoms with Crippen molar-refractivity contribution in [3.63, 3.8) is 0 Å². The number of anilines is 1. The predicted octanol–water partition coefficient (Wildman–Crippen LogP) is 3.90. The number of aromatic nitrogens is 2. The maximum absolute atomic E-state index is 13.2. The Bertz CT molecular complexity index is 1250. The lowest BCUT2D eigenvalue weighted by atomic mass is 9.85. The van der Waals surface area contributed by atoms with Crippen LogP contribution in [0.5, 0.6) is 0 Å². The number of halogens is 2. The van der Waals surface area contributed by atoms with E-state index in [0.29, 0.717) is 46.6 Å². The summed E-state index contributed by atoms with van der Waals surface area (Å²) in [5, 5.41) is 3.57. The molecular weight excluding hydrogens is 513 g/mol. The molecule has 2 aromatic rings. The Hall–Kier alpha value is -3.04. The quantitative estimate of drug-likeness (QED) is 0.209. The van der Waals surface area contributed by atoms with Crippen molar-refractivity contribution < 1.29 is 9.59 Å². The van der Waals surface area contributed by atoms with Crippen LogP contribution in [-0.4, -0.2) is 51.2 Å². The molecule has 3 rings (SSSR count). The molecule has 2 amide bonds. The number of nitrogen functional groups attached to an aromatic ring is 1. The molecule has 5 N–H and O–H groups in total. The molecule has 0 atom stereocenters. The fourth-order valence-electron chi connectivity index (χ4n) is 4.33. The maximum Gasteiger partial charge on any atom is 0.270 e. The maximum atomic E-state index is 13.2. The van der Waals surface area contributed by atoms with Crippen molar-refractivity contribution in [1.29, 1.82) is 0 Å². The Kier molecular flexibility index (Phi) is 8.59. The van der Waals surface area contributed by atoms with Crippen LogP contribution in [0.2, 0.25) is 5.02 Å². The molecule has 1 aromatic heterocycles. The predicted molar refractivity (Wildman–Crippen MR) is 149 cm³/mol. The van der Waals surface area contributed by atoms with Crippen LogP contribution in [0.25, 0.3) is 0 Å². The number of benzene rings is 1. The molecule has 1 saturated heterocycles. The summed E-state index contributed by atoms with van der Waals surface area (Å²) in [4.78, 5) is 35.8. The van der Waals surface area contributed by atoms with E-state index in [1.54, 1.807) is 17.9 Å². The van der Waals surface area contributed by atoms with Crippen molar-refractivity contribution in [3.8, 4) is 0 Å². The van der Waals surface area contributed by atoms with Crippen LogP contribution in [0.4, 0.5) is 5.69 Å². The van der Waals surface area contributed by atoms with Gasteiger partial charge in [0.1, 0.15) is 17.4 Å². The highest BCUT2D eigenvalue weighted by molar-refractivity contribution is 6.32. The van der Waals surface area contributed by atoms with Gasteiger partial charge in [0, 0.05) is 47.0 Å². The lowest BCUT2D eigenvalue weighted by Crippen LogP contribution is -2.60. The monoisotopic (exact) mass is 547 g/mol. The first-order chi connectivity index (χ1) is 17.2. The number of nitrogens with one attached hydrogen (secondary N) is 1. The van der Waals surface area contributed by atoms with Crippen LogP contribution in [0.1, 0.15) is 73.8 Å². The van der Waals surface area contributed by atoms with Crippen molar-refractivity contribution in [1.82, 2.24) is 19.8 Å². The van der Waals surface area contributed by atoms with Crippen LogP contribution in [-0.2, 0) is 16.8 Å². The molecule has 0 spiro atoms. The second-order valence-electron chi connectivity index (χ2n) is 10.5. The van der Waals surface area contributed by atoms with Gasteiger partial charge in [-0.05, 0) is 43.9 Å². The number of likely N-dealkylation sites (tertiary alicyclic amines) is 1. The van der Waals surface area contributed by atoms with Crippen molar-refractivity contribution in [2.24, 2.45) is 10.7 Å². The summed E-state index contributed by atoms with van der Waals surface area (Å²) in [6, 6.07) is 3.39. The van der Waals surface area contributed by atoms with Crippen LogP contribution in [0, 0.1) is 6.92 Å². The summed E-state index contributed by atoms with van der Waals surface area (Å²) in [5.41, 5.74) is 16.6. The zero-order valence-electron chi connectivity index (χ0n) is 22.1. The number of aliphatic imine (C=N–C) groups is 1. The summed E-state index contributed by atoms with van der Waals surface area (Å²) in [5.74, 6) is 0.454. The fourth-order valence-corrected chi connectivity index (χ4v) is 4.90. The van der Waals surface area contributed by atoms with Crippen LogP contribution >= 0.6 is 23.2 Å². The Balaban J connectivity index is 1.82. The molecule has 1 aliphatic rings. The third-order valence-electron chi connectivity index (χ3n) is 6.24. The number of amidine groups is 1. The molecular formula is C26H35Cl2N7O2. The largest absolute Gasteiger partial charge is 0.398 e. The van der Waals surface area contributed by atoms with Crippen molar-refractivity contribution in [2.45, 2.75) is 65.6 Å². The topological polar surface area (TPSA) is 132 Å². The molecule has 200 valence electrons. The minimum atomic E-state index is -0.247. The lowest BCUT2D eigenvalue weighted by molar-refractivity contribution is -0.130. The number of imidazole rings is 1. The van der Waals surface area contributed by atoms with Crippen molar-refractivity contribution in [2.75, 3.05) is 18.8 Å².